The Bertz CT molecular complexity index is 455. The van der Waals surface area contributed by atoms with Gasteiger partial charge in [-0.1, -0.05) is 12.2 Å². The Labute approximate surface area is 79.4 Å². The third kappa shape index (κ3) is 1.67. The van der Waals surface area contributed by atoms with Crippen LogP contribution in [0.2, 0.25) is 0 Å². The van der Waals surface area contributed by atoms with Gasteiger partial charge in [0.25, 0.3) is 0 Å². The summed E-state index contributed by atoms with van der Waals surface area (Å²) in [4.78, 5) is 0. The Hall–Kier alpha value is -1.42. The Morgan fingerprint density at radius 3 is 2.31 bits per heavy atom. The molecule has 0 aliphatic rings. The van der Waals surface area contributed by atoms with E-state index in [1.807, 2.05) is 0 Å². The molecular formula is C9H7FN2S. The van der Waals surface area contributed by atoms with Crippen LogP contribution in [0.15, 0.2) is 30.3 Å². The topological polar surface area (TPSA) is 31.6 Å². The predicted molar refractivity (Wildman–Crippen MR) is 51.4 cm³/mol. The van der Waals surface area contributed by atoms with E-state index in [4.69, 9.17) is 12.2 Å². The lowest BCUT2D eigenvalue weighted by Gasteiger charge is -1.95. The summed E-state index contributed by atoms with van der Waals surface area (Å²) in [6.45, 7) is 0. The number of hydrogen-bond acceptors (Lipinski definition) is 1. The van der Waals surface area contributed by atoms with E-state index in [-0.39, 0.29) is 5.82 Å². The standard InChI is InChI=1S/C9H7FN2S/c10-7-3-1-6(2-4-7)8-5-9(13)12-11-8/h1-5H,(H2,11,12,13). The van der Waals surface area contributed by atoms with Gasteiger partial charge in [0.15, 0.2) is 0 Å². The zero-order valence-electron chi connectivity index (χ0n) is 6.67. The van der Waals surface area contributed by atoms with Gasteiger partial charge in [-0.05, 0) is 35.9 Å². The van der Waals surface area contributed by atoms with Gasteiger partial charge in [0.1, 0.15) is 10.5 Å². The number of aromatic nitrogens is 2. The van der Waals surface area contributed by atoms with Crippen LogP contribution in [-0.4, -0.2) is 10.2 Å². The molecule has 1 aromatic heterocycles. The van der Waals surface area contributed by atoms with Crippen LogP contribution in [0.3, 0.4) is 0 Å². The quantitative estimate of drug-likeness (QED) is 0.672. The molecule has 2 N–H and O–H groups in total. The Morgan fingerprint density at radius 1 is 1.08 bits per heavy atom. The molecule has 0 atom stereocenters. The zero-order valence-corrected chi connectivity index (χ0v) is 7.49. The lowest BCUT2D eigenvalue weighted by atomic mass is 10.1. The maximum atomic E-state index is 12.6. The van der Waals surface area contributed by atoms with Gasteiger partial charge in [0.05, 0.1) is 5.69 Å². The van der Waals surface area contributed by atoms with Gasteiger partial charge in [0, 0.05) is 0 Å². The number of rotatable bonds is 1. The van der Waals surface area contributed by atoms with E-state index >= 15 is 0 Å². The highest BCUT2D eigenvalue weighted by Gasteiger charge is 1.98. The maximum Gasteiger partial charge on any atom is 0.123 e. The van der Waals surface area contributed by atoms with Crippen LogP contribution in [0, 0.1) is 10.5 Å². The van der Waals surface area contributed by atoms with Crippen LogP contribution in [0.5, 0.6) is 0 Å². The summed E-state index contributed by atoms with van der Waals surface area (Å²) in [5.41, 5.74) is 1.78. The van der Waals surface area contributed by atoms with Crippen LogP contribution in [-0.2, 0) is 0 Å². The smallest absolute Gasteiger partial charge is 0.123 e. The molecule has 0 radical (unpaired) electrons. The second-order valence-electron chi connectivity index (χ2n) is 2.68. The fraction of sp³-hybridized carbons (Fsp3) is 0. The minimum atomic E-state index is -0.238. The molecule has 0 bridgehead atoms. The average molecular weight is 194 g/mol. The van der Waals surface area contributed by atoms with Gasteiger partial charge in [0.2, 0.25) is 0 Å². The van der Waals surface area contributed by atoms with E-state index < -0.39 is 0 Å². The van der Waals surface area contributed by atoms with E-state index in [2.05, 4.69) is 10.2 Å². The van der Waals surface area contributed by atoms with Crippen LogP contribution in [0.25, 0.3) is 11.3 Å². The molecule has 2 nitrogen and oxygen atoms in total. The molecule has 4 heteroatoms. The molecule has 1 aromatic carbocycles. The van der Waals surface area contributed by atoms with Crippen LogP contribution < -0.4 is 0 Å². The van der Waals surface area contributed by atoms with E-state index in [1.165, 1.54) is 12.1 Å². The Balaban J connectivity index is 2.47. The summed E-state index contributed by atoms with van der Waals surface area (Å²) < 4.78 is 13.2. The highest BCUT2D eigenvalue weighted by Crippen LogP contribution is 2.16. The first-order valence-electron chi connectivity index (χ1n) is 3.79. The molecule has 66 valence electrons. The second kappa shape index (κ2) is 3.14. The first-order chi connectivity index (χ1) is 6.25. The molecule has 0 spiro atoms. The van der Waals surface area contributed by atoms with Gasteiger partial charge in [-0.2, -0.15) is 0 Å². The molecule has 0 aliphatic carbocycles. The minimum Gasteiger partial charge on any atom is -0.299 e. The lowest BCUT2D eigenvalue weighted by Crippen LogP contribution is -1.78. The number of aromatic amines is 2. The molecule has 0 amide bonds. The molecule has 0 aliphatic heterocycles. The largest absolute Gasteiger partial charge is 0.299 e. The van der Waals surface area contributed by atoms with Crippen molar-refractivity contribution in [1.82, 2.24) is 10.2 Å². The highest BCUT2D eigenvalue weighted by molar-refractivity contribution is 7.71. The summed E-state index contributed by atoms with van der Waals surface area (Å²) in [7, 11) is 0. The van der Waals surface area contributed by atoms with Crippen molar-refractivity contribution in [3.8, 4) is 11.3 Å². The number of halogens is 1. The monoisotopic (exact) mass is 194 g/mol. The molecule has 0 saturated heterocycles. The van der Waals surface area contributed by atoms with Gasteiger partial charge in [-0.25, -0.2) is 4.39 Å². The molecule has 0 fully saturated rings. The molecule has 2 rings (SSSR count). The Kier molecular flexibility index (Phi) is 1.98. The number of nitrogens with one attached hydrogen (secondary N) is 2. The minimum absolute atomic E-state index is 0.238. The molecule has 0 saturated carbocycles. The first-order valence-corrected chi connectivity index (χ1v) is 4.20. The summed E-state index contributed by atoms with van der Waals surface area (Å²) in [6.07, 6.45) is 0. The Morgan fingerprint density at radius 2 is 1.77 bits per heavy atom. The SMILES string of the molecule is Fc1ccc(-c2cc(=S)[nH][nH]2)cc1. The van der Waals surface area contributed by atoms with Crippen molar-refractivity contribution in [2.75, 3.05) is 0 Å². The fourth-order valence-corrected chi connectivity index (χ4v) is 1.29. The predicted octanol–water partition coefficient (Wildman–Crippen LogP) is 2.88. The van der Waals surface area contributed by atoms with Crippen LogP contribution in [0.1, 0.15) is 0 Å². The number of benzene rings is 1. The van der Waals surface area contributed by atoms with E-state index in [0.717, 1.165) is 11.3 Å². The van der Waals surface area contributed by atoms with Gasteiger partial charge >= 0.3 is 0 Å². The van der Waals surface area contributed by atoms with Crippen molar-refractivity contribution in [3.05, 3.63) is 40.8 Å². The van der Waals surface area contributed by atoms with E-state index in [9.17, 15) is 4.39 Å². The van der Waals surface area contributed by atoms with Crippen LogP contribution >= 0.6 is 12.2 Å². The van der Waals surface area contributed by atoms with Gasteiger partial charge < -0.3 is 0 Å². The fourth-order valence-electron chi connectivity index (χ4n) is 1.12. The van der Waals surface area contributed by atoms with Crippen molar-refractivity contribution >= 4 is 12.2 Å². The molecular weight excluding hydrogens is 187 g/mol. The van der Waals surface area contributed by atoms with Crippen molar-refractivity contribution < 1.29 is 4.39 Å². The van der Waals surface area contributed by atoms with Crippen molar-refractivity contribution in [2.24, 2.45) is 0 Å². The van der Waals surface area contributed by atoms with Gasteiger partial charge in [-0.15, -0.1) is 0 Å². The zero-order chi connectivity index (χ0) is 9.26. The van der Waals surface area contributed by atoms with Gasteiger partial charge in [-0.3, -0.25) is 10.2 Å². The molecule has 1 heterocycles. The third-order valence-electron chi connectivity index (χ3n) is 1.75. The molecule has 13 heavy (non-hydrogen) atoms. The van der Waals surface area contributed by atoms with E-state index in [0.29, 0.717) is 4.64 Å². The first kappa shape index (κ1) is 8.19. The molecule has 0 unspecified atom stereocenters. The number of H-pyrrole nitrogens is 2. The highest BCUT2D eigenvalue weighted by atomic mass is 32.1. The van der Waals surface area contributed by atoms with Crippen molar-refractivity contribution in [2.45, 2.75) is 0 Å². The molecule has 2 aromatic rings. The summed E-state index contributed by atoms with van der Waals surface area (Å²) >= 11 is 4.90. The van der Waals surface area contributed by atoms with E-state index in [1.54, 1.807) is 18.2 Å². The van der Waals surface area contributed by atoms with Crippen molar-refractivity contribution in [1.29, 1.82) is 0 Å². The summed E-state index contributed by atoms with van der Waals surface area (Å²) in [5.74, 6) is -0.238. The maximum absolute atomic E-state index is 12.6. The number of hydrogen-bond donors (Lipinski definition) is 2. The van der Waals surface area contributed by atoms with Crippen LogP contribution in [0.4, 0.5) is 4.39 Å². The van der Waals surface area contributed by atoms with Crippen molar-refractivity contribution in [3.63, 3.8) is 0 Å². The lowest BCUT2D eigenvalue weighted by molar-refractivity contribution is 0.628. The average Bonchev–Trinajstić information content (AvgIpc) is 2.53. The summed E-state index contributed by atoms with van der Waals surface area (Å²) in [6, 6.07) is 8.02. The third-order valence-corrected chi connectivity index (χ3v) is 1.97. The normalized spacial score (nSPS) is 10.2. The summed E-state index contributed by atoms with van der Waals surface area (Å²) in [5, 5.41) is 5.67. The second-order valence-corrected chi connectivity index (χ2v) is 3.12.